The Kier molecular flexibility index (Phi) is 5.05. The fourth-order valence-corrected chi connectivity index (χ4v) is 1.71. The summed E-state index contributed by atoms with van der Waals surface area (Å²) in [4.78, 5) is 22.1. The second kappa shape index (κ2) is 6.54. The molecule has 0 aliphatic heterocycles. The van der Waals surface area contributed by atoms with Crippen molar-refractivity contribution in [3.05, 3.63) is 58.7 Å². The van der Waals surface area contributed by atoms with E-state index in [9.17, 15) is 14.9 Å². The van der Waals surface area contributed by atoms with Crippen LogP contribution in [0.4, 0.5) is 0 Å². The van der Waals surface area contributed by atoms with E-state index in [2.05, 4.69) is 6.58 Å². The van der Waals surface area contributed by atoms with Gasteiger partial charge in [0.25, 0.3) is 0 Å². The standard InChI is InChI=1S/C13H15NO4/c1-3-11(10-8-6-5-7-9-10)12(14(16)17)13(15)18-4-2/h3,5-9,11-12H,1,4H2,2H3/t11-,12?/m0/s1. The predicted octanol–water partition coefficient (Wildman–Crippen LogP) is 2.16. The number of nitro groups is 1. The fourth-order valence-electron chi connectivity index (χ4n) is 1.71. The van der Waals surface area contributed by atoms with Crippen LogP contribution in [0.25, 0.3) is 0 Å². The van der Waals surface area contributed by atoms with Gasteiger partial charge in [-0.05, 0) is 12.5 Å². The first kappa shape index (κ1) is 13.9. The fraction of sp³-hybridized carbons (Fsp3) is 0.308. The third-order valence-corrected chi connectivity index (χ3v) is 2.53. The quantitative estimate of drug-likeness (QED) is 0.335. The molecule has 0 N–H and O–H groups in total. The van der Waals surface area contributed by atoms with Gasteiger partial charge < -0.3 is 4.74 Å². The highest BCUT2D eigenvalue weighted by Crippen LogP contribution is 2.23. The summed E-state index contributed by atoms with van der Waals surface area (Å²) in [6.07, 6.45) is 1.40. The van der Waals surface area contributed by atoms with E-state index in [0.717, 1.165) is 0 Å². The topological polar surface area (TPSA) is 69.4 Å². The van der Waals surface area contributed by atoms with Crippen molar-refractivity contribution in [3.8, 4) is 0 Å². The summed E-state index contributed by atoms with van der Waals surface area (Å²) in [5.41, 5.74) is 0.669. The smallest absolute Gasteiger partial charge is 0.382 e. The van der Waals surface area contributed by atoms with Crippen LogP contribution in [0.15, 0.2) is 43.0 Å². The molecule has 0 bridgehead atoms. The van der Waals surface area contributed by atoms with Gasteiger partial charge in [0, 0.05) is 4.92 Å². The van der Waals surface area contributed by atoms with Crippen molar-refractivity contribution in [2.24, 2.45) is 0 Å². The van der Waals surface area contributed by atoms with Crippen molar-refractivity contribution in [2.75, 3.05) is 6.61 Å². The summed E-state index contributed by atoms with van der Waals surface area (Å²) < 4.78 is 4.74. The van der Waals surface area contributed by atoms with Crippen LogP contribution in [0, 0.1) is 10.1 Å². The Balaban J connectivity index is 3.06. The first-order chi connectivity index (χ1) is 8.61. The normalized spacial score (nSPS) is 13.4. The summed E-state index contributed by atoms with van der Waals surface area (Å²) in [5.74, 6) is -1.53. The molecule has 0 aliphatic rings. The molecule has 1 aromatic carbocycles. The minimum atomic E-state index is -1.45. The SMILES string of the molecule is C=C[C@@H](c1ccccc1)C(C(=O)OCC)[N+](=O)[O-]. The average Bonchev–Trinajstić information content (AvgIpc) is 2.36. The van der Waals surface area contributed by atoms with E-state index in [4.69, 9.17) is 4.74 Å². The summed E-state index contributed by atoms with van der Waals surface area (Å²) >= 11 is 0. The Bertz CT molecular complexity index is 430. The number of esters is 1. The Morgan fingerprint density at radius 3 is 2.56 bits per heavy atom. The zero-order valence-corrected chi connectivity index (χ0v) is 10.1. The lowest BCUT2D eigenvalue weighted by atomic mass is 9.92. The van der Waals surface area contributed by atoms with Crippen LogP contribution in [0.5, 0.6) is 0 Å². The number of benzene rings is 1. The largest absolute Gasteiger partial charge is 0.461 e. The van der Waals surface area contributed by atoms with Crippen LogP contribution in [0.1, 0.15) is 18.4 Å². The maximum atomic E-state index is 11.6. The predicted molar refractivity (Wildman–Crippen MR) is 66.8 cm³/mol. The molecule has 0 aromatic heterocycles. The average molecular weight is 249 g/mol. The highest BCUT2D eigenvalue weighted by Gasteiger charge is 2.39. The van der Waals surface area contributed by atoms with Crippen LogP contribution in [-0.2, 0) is 9.53 Å². The van der Waals surface area contributed by atoms with Gasteiger partial charge in [-0.1, -0.05) is 36.4 Å². The first-order valence-corrected chi connectivity index (χ1v) is 5.59. The molecule has 0 heterocycles. The molecule has 0 fully saturated rings. The summed E-state index contributed by atoms with van der Waals surface area (Å²) in [5, 5.41) is 11.0. The highest BCUT2D eigenvalue weighted by molar-refractivity contribution is 5.76. The van der Waals surface area contributed by atoms with Gasteiger partial charge in [-0.3, -0.25) is 10.1 Å². The third-order valence-electron chi connectivity index (χ3n) is 2.53. The summed E-state index contributed by atoms with van der Waals surface area (Å²) in [6, 6.07) is 7.31. The molecule has 18 heavy (non-hydrogen) atoms. The van der Waals surface area contributed by atoms with E-state index in [0.29, 0.717) is 5.56 Å². The Morgan fingerprint density at radius 1 is 1.50 bits per heavy atom. The van der Waals surface area contributed by atoms with E-state index < -0.39 is 22.9 Å². The van der Waals surface area contributed by atoms with E-state index >= 15 is 0 Å². The molecule has 2 atom stereocenters. The number of carbonyl (C=O) groups is 1. The number of hydrogen-bond acceptors (Lipinski definition) is 4. The van der Waals surface area contributed by atoms with Crippen LogP contribution in [0.2, 0.25) is 0 Å². The molecule has 5 heteroatoms. The second-order valence-corrected chi connectivity index (χ2v) is 3.65. The zero-order valence-electron chi connectivity index (χ0n) is 10.1. The van der Waals surface area contributed by atoms with Crippen LogP contribution >= 0.6 is 0 Å². The maximum absolute atomic E-state index is 11.6. The van der Waals surface area contributed by atoms with E-state index in [-0.39, 0.29) is 6.61 Å². The molecular weight excluding hydrogens is 234 g/mol. The van der Waals surface area contributed by atoms with Crippen molar-refractivity contribution in [3.63, 3.8) is 0 Å². The van der Waals surface area contributed by atoms with Gasteiger partial charge in [-0.15, -0.1) is 6.58 Å². The minimum absolute atomic E-state index is 0.113. The number of nitrogens with zero attached hydrogens (tertiary/aromatic N) is 1. The lowest BCUT2D eigenvalue weighted by Gasteiger charge is -2.16. The Hall–Kier alpha value is -2.17. The van der Waals surface area contributed by atoms with Crippen molar-refractivity contribution in [1.82, 2.24) is 0 Å². The van der Waals surface area contributed by atoms with Crippen molar-refractivity contribution >= 4 is 5.97 Å². The molecule has 0 saturated heterocycles. The summed E-state index contributed by atoms with van der Waals surface area (Å²) in [7, 11) is 0. The van der Waals surface area contributed by atoms with Gasteiger partial charge in [0.1, 0.15) is 0 Å². The van der Waals surface area contributed by atoms with Crippen LogP contribution in [-0.4, -0.2) is 23.5 Å². The molecular formula is C13H15NO4. The molecule has 0 spiro atoms. The summed E-state index contributed by atoms with van der Waals surface area (Å²) in [6.45, 7) is 5.30. The lowest BCUT2D eigenvalue weighted by molar-refractivity contribution is -0.512. The van der Waals surface area contributed by atoms with Gasteiger partial charge >= 0.3 is 12.0 Å². The van der Waals surface area contributed by atoms with Crippen molar-refractivity contribution in [1.29, 1.82) is 0 Å². The van der Waals surface area contributed by atoms with Crippen LogP contribution in [0.3, 0.4) is 0 Å². The molecule has 1 unspecified atom stereocenters. The molecule has 0 saturated carbocycles. The number of ether oxygens (including phenoxy) is 1. The van der Waals surface area contributed by atoms with Crippen molar-refractivity contribution in [2.45, 2.75) is 18.9 Å². The molecule has 5 nitrogen and oxygen atoms in total. The van der Waals surface area contributed by atoms with Gasteiger partial charge in [-0.2, -0.15) is 0 Å². The monoisotopic (exact) mass is 249 g/mol. The van der Waals surface area contributed by atoms with Gasteiger partial charge in [0.2, 0.25) is 0 Å². The van der Waals surface area contributed by atoms with Crippen molar-refractivity contribution < 1.29 is 14.5 Å². The number of rotatable bonds is 6. The maximum Gasteiger partial charge on any atom is 0.382 e. The Labute approximate surface area is 105 Å². The number of carbonyl (C=O) groups excluding carboxylic acids is 1. The molecule has 0 aliphatic carbocycles. The van der Waals surface area contributed by atoms with E-state index in [1.165, 1.54) is 6.08 Å². The molecule has 1 aromatic rings. The number of hydrogen-bond donors (Lipinski definition) is 0. The highest BCUT2D eigenvalue weighted by atomic mass is 16.6. The van der Waals surface area contributed by atoms with Crippen LogP contribution < -0.4 is 0 Å². The molecule has 96 valence electrons. The Morgan fingerprint density at radius 2 is 2.11 bits per heavy atom. The molecule has 0 radical (unpaired) electrons. The molecule has 0 amide bonds. The first-order valence-electron chi connectivity index (χ1n) is 5.59. The molecule has 1 rings (SSSR count). The van der Waals surface area contributed by atoms with Gasteiger partial charge in [0.15, 0.2) is 0 Å². The van der Waals surface area contributed by atoms with Gasteiger partial charge in [-0.25, -0.2) is 4.79 Å². The lowest BCUT2D eigenvalue weighted by Crippen LogP contribution is -2.36. The second-order valence-electron chi connectivity index (χ2n) is 3.65. The van der Waals surface area contributed by atoms with E-state index in [1.807, 2.05) is 0 Å². The van der Waals surface area contributed by atoms with E-state index in [1.54, 1.807) is 37.3 Å². The van der Waals surface area contributed by atoms with Gasteiger partial charge in [0.05, 0.1) is 12.5 Å². The third kappa shape index (κ3) is 3.16. The minimum Gasteiger partial charge on any atom is -0.461 e. The zero-order chi connectivity index (χ0) is 13.5.